The van der Waals surface area contributed by atoms with Gasteiger partial charge in [0.25, 0.3) is 0 Å². The highest BCUT2D eigenvalue weighted by Gasteiger charge is 2.17. The molecule has 34 heavy (non-hydrogen) atoms. The molecule has 0 aliphatic heterocycles. The SMILES string of the molecule is CCCCc1ccc2c3c(C(N)=O)cccc3n(Cc3ccccc3Cc3ccccc3)c2c1. The zero-order chi connectivity index (χ0) is 23.5. The Balaban J connectivity index is 1.67. The van der Waals surface area contributed by atoms with Crippen LogP contribution in [0.15, 0.2) is 91.0 Å². The number of aromatic nitrogens is 1. The van der Waals surface area contributed by atoms with Crippen molar-refractivity contribution in [2.45, 2.75) is 39.2 Å². The lowest BCUT2D eigenvalue weighted by atomic mass is 9.99. The van der Waals surface area contributed by atoms with E-state index in [1.165, 1.54) is 28.7 Å². The second kappa shape index (κ2) is 9.56. The summed E-state index contributed by atoms with van der Waals surface area (Å²) in [7, 11) is 0. The predicted molar refractivity (Wildman–Crippen MR) is 141 cm³/mol. The lowest BCUT2D eigenvalue weighted by Crippen LogP contribution is -2.11. The van der Waals surface area contributed by atoms with Gasteiger partial charge in [0, 0.05) is 28.4 Å². The van der Waals surface area contributed by atoms with E-state index in [1.807, 2.05) is 12.1 Å². The van der Waals surface area contributed by atoms with Crippen molar-refractivity contribution in [1.29, 1.82) is 0 Å². The van der Waals surface area contributed by atoms with Crippen LogP contribution in [-0.2, 0) is 19.4 Å². The predicted octanol–water partition coefficient (Wildman–Crippen LogP) is 6.88. The Bertz CT molecular complexity index is 1460. The van der Waals surface area contributed by atoms with Gasteiger partial charge in [0.15, 0.2) is 0 Å². The van der Waals surface area contributed by atoms with Crippen LogP contribution in [0.25, 0.3) is 21.8 Å². The molecule has 0 fully saturated rings. The van der Waals surface area contributed by atoms with Crippen LogP contribution in [0.2, 0.25) is 0 Å². The van der Waals surface area contributed by atoms with Gasteiger partial charge in [0.2, 0.25) is 5.91 Å². The van der Waals surface area contributed by atoms with E-state index in [1.54, 1.807) is 0 Å². The lowest BCUT2D eigenvalue weighted by molar-refractivity contribution is 0.100. The van der Waals surface area contributed by atoms with Gasteiger partial charge < -0.3 is 10.3 Å². The van der Waals surface area contributed by atoms with Gasteiger partial charge in [0.05, 0.1) is 5.52 Å². The molecule has 0 spiro atoms. The number of fused-ring (bicyclic) bond motifs is 3. The summed E-state index contributed by atoms with van der Waals surface area (Å²) in [6, 6.07) is 31.8. The summed E-state index contributed by atoms with van der Waals surface area (Å²) in [6.45, 7) is 2.96. The summed E-state index contributed by atoms with van der Waals surface area (Å²) in [5.74, 6) is -0.385. The average Bonchev–Trinajstić information content (AvgIpc) is 3.17. The molecular formula is C31H30N2O. The van der Waals surface area contributed by atoms with E-state index in [4.69, 9.17) is 5.73 Å². The molecular weight excluding hydrogens is 416 g/mol. The van der Waals surface area contributed by atoms with Gasteiger partial charge in [-0.05, 0) is 59.7 Å². The van der Waals surface area contributed by atoms with Crippen LogP contribution in [0.5, 0.6) is 0 Å². The molecule has 0 bridgehead atoms. The Kier molecular flexibility index (Phi) is 6.18. The molecule has 5 aromatic rings. The van der Waals surface area contributed by atoms with Crippen molar-refractivity contribution in [2.75, 3.05) is 0 Å². The zero-order valence-electron chi connectivity index (χ0n) is 19.6. The first-order valence-electron chi connectivity index (χ1n) is 12.1. The summed E-state index contributed by atoms with van der Waals surface area (Å²) in [5, 5.41) is 2.04. The molecule has 170 valence electrons. The molecule has 1 amide bonds. The maximum absolute atomic E-state index is 12.3. The van der Waals surface area contributed by atoms with Crippen molar-refractivity contribution >= 4 is 27.7 Å². The number of rotatable bonds is 8. The van der Waals surface area contributed by atoms with Gasteiger partial charge in [0.1, 0.15) is 0 Å². The topological polar surface area (TPSA) is 48.0 Å². The van der Waals surface area contributed by atoms with Crippen molar-refractivity contribution < 1.29 is 4.79 Å². The average molecular weight is 447 g/mol. The quantitative estimate of drug-likeness (QED) is 0.278. The molecule has 0 radical (unpaired) electrons. The minimum absolute atomic E-state index is 0.385. The third-order valence-corrected chi connectivity index (χ3v) is 6.72. The highest BCUT2D eigenvalue weighted by atomic mass is 16.1. The van der Waals surface area contributed by atoms with E-state index >= 15 is 0 Å². The van der Waals surface area contributed by atoms with Crippen LogP contribution in [0, 0.1) is 0 Å². The van der Waals surface area contributed by atoms with Crippen LogP contribution in [0.4, 0.5) is 0 Å². The maximum Gasteiger partial charge on any atom is 0.249 e. The molecule has 4 aromatic carbocycles. The highest BCUT2D eigenvalue weighted by Crippen LogP contribution is 2.33. The number of benzene rings is 4. The molecule has 2 N–H and O–H groups in total. The minimum Gasteiger partial charge on any atom is -0.366 e. The fraction of sp³-hybridized carbons (Fsp3) is 0.194. The third kappa shape index (κ3) is 4.22. The number of hydrogen-bond acceptors (Lipinski definition) is 1. The van der Waals surface area contributed by atoms with Gasteiger partial charge in [-0.2, -0.15) is 0 Å². The second-order valence-corrected chi connectivity index (χ2v) is 9.04. The molecule has 0 atom stereocenters. The van der Waals surface area contributed by atoms with E-state index in [2.05, 4.69) is 90.4 Å². The molecule has 1 heterocycles. The number of amides is 1. The Morgan fingerprint density at radius 3 is 2.32 bits per heavy atom. The first-order chi connectivity index (χ1) is 16.7. The van der Waals surface area contributed by atoms with Crippen molar-refractivity contribution in [1.82, 2.24) is 4.57 Å². The fourth-order valence-corrected chi connectivity index (χ4v) is 4.97. The van der Waals surface area contributed by atoms with Crippen LogP contribution in [0.3, 0.4) is 0 Å². The first-order valence-corrected chi connectivity index (χ1v) is 12.1. The lowest BCUT2D eigenvalue weighted by Gasteiger charge is -2.13. The Labute approximate surface area is 200 Å². The number of nitrogens with two attached hydrogens (primary N) is 1. The first kappa shape index (κ1) is 22.0. The summed E-state index contributed by atoms with van der Waals surface area (Å²) in [4.78, 5) is 12.3. The molecule has 1 aromatic heterocycles. The van der Waals surface area contributed by atoms with Crippen LogP contribution >= 0.6 is 0 Å². The fourth-order valence-electron chi connectivity index (χ4n) is 4.97. The Hall–Kier alpha value is -3.85. The molecule has 0 saturated carbocycles. The van der Waals surface area contributed by atoms with Crippen LogP contribution in [-0.4, -0.2) is 10.5 Å². The molecule has 0 aliphatic rings. The molecule has 3 nitrogen and oxygen atoms in total. The molecule has 0 aliphatic carbocycles. The maximum atomic E-state index is 12.3. The third-order valence-electron chi connectivity index (χ3n) is 6.72. The van der Waals surface area contributed by atoms with Crippen LogP contribution in [0.1, 0.15) is 52.4 Å². The van der Waals surface area contributed by atoms with Crippen molar-refractivity contribution in [3.63, 3.8) is 0 Å². The number of unbranched alkanes of at least 4 members (excludes halogenated alkanes) is 1. The van der Waals surface area contributed by atoms with E-state index < -0.39 is 0 Å². The zero-order valence-corrected chi connectivity index (χ0v) is 19.6. The van der Waals surface area contributed by atoms with Gasteiger partial charge >= 0.3 is 0 Å². The smallest absolute Gasteiger partial charge is 0.249 e. The van der Waals surface area contributed by atoms with Gasteiger partial charge in [-0.15, -0.1) is 0 Å². The number of aryl methyl sites for hydroxylation is 1. The summed E-state index contributed by atoms with van der Waals surface area (Å²) >= 11 is 0. The van der Waals surface area contributed by atoms with Gasteiger partial charge in [-0.3, -0.25) is 4.79 Å². The standard InChI is InChI=1S/C31H30N2O/c1-2-3-10-23-17-18-26-29(20-23)33(28-16-9-15-27(30(26)28)31(32)34)21-25-14-8-7-13-24(25)19-22-11-5-4-6-12-22/h4-9,11-18,20H,2-3,10,19,21H2,1H3,(H2,32,34). The van der Waals surface area contributed by atoms with Crippen molar-refractivity contribution in [3.8, 4) is 0 Å². The molecule has 5 rings (SSSR count). The van der Waals surface area contributed by atoms with Crippen molar-refractivity contribution in [3.05, 3.63) is 119 Å². The number of primary amides is 1. The van der Waals surface area contributed by atoms with Gasteiger partial charge in [-0.25, -0.2) is 0 Å². The normalized spacial score (nSPS) is 11.3. The van der Waals surface area contributed by atoms with E-state index in [-0.39, 0.29) is 5.91 Å². The van der Waals surface area contributed by atoms with E-state index in [9.17, 15) is 4.79 Å². The highest BCUT2D eigenvalue weighted by molar-refractivity contribution is 6.18. The number of carbonyl (C=O) groups excluding carboxylic acids is 1. The molecule has 0 unspecified atom stereocenters. The Morgan fingerprint density at radius 2 is 1.56 bits per heavy atom. The van der Waals surface area contributed by atoms with E-state index in [0.29, 0.717) is 5.56 Å². The van der Waals surface area contributed by atoms with Crippen molar-refractivity contribution in [2.24, 2.45) is 5.73 Å². The Morgan fingerprint density at radius 1 is 0.794 bits per heavy atom. The summed E-state index contributed by atoms with van der Waals surface area (Å²) in [5.41, 5.74) is 13.8. The number of hydrogen-bond donors (Lipinski definition) is 1. The van der Waals surface area contributed by atoms with E-state index in [0.717, 1.165) is 47.6 Å². The summed E-state index contributed by atoms with van der Waals surface area (Å²) < 4.78 is 2.36. The minimum atomic E-state index is -0.385. The molecule has 0 saturated heterocycles. The van der Waals surface area contributed by atoms with Crippen LogP contribution < -0.4 is 5.73 Å². The summed E-state index contributed by atoms with van der Waals surface area (Å²) in [6.07, 6.45) is 4.28. The second-order valence-electron chi connectivity index (χ2n) is 9.04. The van der Waals surface area contributed by atoms with Gasteiger partial charge in [-0.1, -0.05) is 86.1 Å². The monoisotopic (exact) mass is 446 g/mol. The largest absolute Gasteiger partial charge is 0.366 e. The number of nitrogens with zero attached hydrogens (tertiary/aromatic N) is 1. The molecule has 3 heteroatoms. The number of carbonyl (C=O) groups is 1.